The van der Waals surface area contributed by atoms with Crippen LogP contribution in [0.5, 0.6) is 5.75 Å². The molecule has 10 nitrogen and oxygen atoms in total. The zero-order valence-corrected chi connectivity index (χ0v) is 13.8. The molecular formula is C15H19N5O5. The van der Waals surface area contributed by atoms with E-state index < -0.39 is 5.76 Å². The van der Waals surface area contributed by atoms with Crippen molar-refractivity contribution in [2.45, 2.75) is 0 Å². The SMILES string of the molecule is COC(=O)N1CCN(CCOc2ccc(-c3noc(=O)[nH]3)nc2)CC1. The Kier molecular flexibility index (Phi) is 5.29. The number of rotatable bonds is 5. The van der Waals surface area contributed by atoms with Gasteiger partial charge in [-0.3, -0.25) is 14.4 Å². The Balaban J connectivity index is 1.42. The Morgan fingerprint density at radius 2 is 2.12 bits per heavy atom. The third-order valence-electron chi connectivity index (χ3n) is 3.90. The van der Waals surface area contributed by atoms with Crippen LogP contribution >= 0.6 is 0 Å². The minimum Gasteiger partial charge on any atom is -0.491 e. The average Bonchev–Trinajstić information content (AvgIpc) is 3.08. The summed E-state index contributed by atoms with van der Waals surface area (Å²) < 4.78 is 14.8. The van der Waals surface area contributed by atoms with Crippen LogP contribution < -0.4 is 10.5 Å². The molecule has 1 fully saturated rings. The minimum atomic E-state index is -0.621. The second-order valence-corrected chi connectivity index (χ2v) is 5.47. The minimum absolute atomic E-state index is 0.278. The van der Waals surface area contributed by atoms with Crippen LogP contribution in [0.3, 0.4) is 0 Å². The van der Waals surface area contributed by atoms with Crippen molar-refractivity contribution in [2.75, 3.05) is 46.4 Å². The fraction of sp³-hybridized carbons (Fsp3) is 0.467. The van der Waals surface area contributed by atoms with Crippen LogP contribution in [0, 0.1) is 0 Å². The highest BCUT2D eigenvalue weighted by atomic mass is 16.5. The van der Waals surface area contributed by atoms with Gasteiger partial charge in [0.1, 0.15) is 18.1 Å². The van der Waals surface area contributed by atoms with Gasteiger partial charge in [0, 0.05) is 32.7 Å². The second-order valence-electron chi connectivity index (χ2n) is 5.47. The van der Waals surface area contributed by atoms with E-state index in [-0.39, 0.29) is 11.9 Å². The van der Waals surface area contributed by atoms with E-state index in [1.54, 1.807) is 23.2 Å². The van der Waals surface area contributed by atoms with E-state index in [0.717, 1.165) is 19.6 Å². The van der Waals surface area contributed by atoms with E-state index in [0.29, 0.717) is 31.1 Å². The lowest BCUT2D eigenvalue weighted by molar-refractivity contribution is 0.0860. The van der Waals surface area contributed by atoms with Gasteiger partial charge in [0.05, 0.1) is 13.3 Å². The summed E-state index contributed by atoms with van der Waals surface area (Å²) in [4.78, 5) is 32.9. The Bertz CT molecular complexity index is 748. The van der Waals surface area contributed by atoms with E-state index in [1.165, 1.54) is 7.11 Å². The molecule has 0 saturated carbocycles. The third-order valence-corrected chi connectivity index (χ3v) is 3.90. The molecule has 0 bridgehead atoms. The number of nitrogens with one attached hydrogen (secondary N) is 1. The zero-order valence-electron chi connectivity index (χ0n) is 13.8. The predicted molar refractivity (Wildman–Crippen MR) is 86.3 cm³/mol. The molecule has 3 heterocycles. The van der Waals surface area contributed by atoms with Crippen molar-refractivity contribution < 1.29 is 18.8 Å². The van der Waals surface area contributed by atoms with E-state index in [9.17, 15) is 9.59 Å². The molecular weight excluding hydrogens is 330 g/mol. The van der Waals surface area contributed by atoms with Crippen molar-refractivity contribution in [3.63, 3.8) is 0 Å². The fourth-order valence-electron chi connectivity index (χ4n) is 2.52. The highest BCUT2D eigenvalue weighted by molar-refractivity contribution is 5.67. The lowest BCUT2D eigenvalue weighted by Crippen LogP contribution is -2.49. The van der Waals surface area contributed by atoms with E-state index in [1.807, 2.05) is 0 Å². The van der Waals surface area contributed by atoms with Gasteiger partial charge in [-0.15, -0.1) is 0 Å². The summed E-state index contributed by atoms with van der Waals surface area (Å²) >= 11 is 0. The van der Waals surface area contributed by atoms with Gasteiger partial charge >= 0.3 is 11.8 Å². The number of H-pyrrole nitrogens is 1. The fourth-order valence-corrected chi connectivity index (χ4v) is 2.52. The summed E-state index contributed by atoms with van der Waals surface area (Å²) in [5.41, 5.74) is 0.497. The number of aromatic amines is 1. The van der Waals surface area contributed by atoms with Gasteiger partial charge in [0.15, 0.2) is 0 Å². The van der Waals surface area contributed by atoms with Crippen molar-refractivity contribution in [2.24, 2.45) is 0 Å². The molecule has 1 aliphatic heterocycles. The van der Waals surface area contributed by atoms with Crippen molar-refractivity contribution in [3.8, 4) is 17.3 Å². The Hall–Kier alpha value is -2.88. The molecule has 134 valence electrons. The van der Waals surface area contributed by atoms with Gasteiger partial charge in [-0.05, 0) is 12.1 Å². The largest absolute Gasteiger partial charge is 0.491 e. The number of pyridine rings is 1. The van der Waals surface area contributed by atoms with Gasteiger partial charge in [0.2, 0.25) is 5.82 Å². The first-order chi connectivity index (χ1) is 12.2. The highest BCUT2D eigenvalue weighted by Gasteiger charge is 2.21. The Morgan fingerprint density at radius 3 is 2.72 bits per heavy atom. The molecule has 0 aromatic carbocycles. The number of hydrogen-bond donors (Lipinski definition) is 1. The number of piperazine rings is 1. The number of methoxy groups -OCH3 is 1. The van der Waals surface area contributed by atoms with E-state index >= 15 is 0 Å². The molecule has 0 radical (unpaired) electrons. The van der Waals surface area contributed by atoms with Crippen LogP contribution in [0.15, 0.2) is 27.6 Å². The lowest BCUT2D eigenvalue weighted by atomic mass is 10.3. The number of carbonyl (C=O) groups excluding carboxylic acids is 1. The smallest absolute Gasteiger partial charge is 0.439 e. The van der Waals surface area contributed by atoms with Crippen LogP contribution in [0.4, 0.5) is 4.79 Å². The molecule has 10 heteroatoms. The maximum Gasteiger partial charge on any atom is 0.439 e. The zero-order chi connectivity index (χ0) is 17.6. The van der Waals surface area contributed by atoms with Gasteiger partial charge in [-0.2, -0.15) is 0 Å². The number of hydrogen-bond acceptors (Lipinski definition) is 8. The molecule has 2 aromatic heterocycles. The van der Waals surface area contributed by atoms with Gasteiger partial charge in [0.25, 0.3) is 0 Å². The second kappa shape index (κ2) is 7.79. The van der Waals surface area contributed by atoms with Crippen molar-refractivity contribution in [1.29, 1.82) is 0 Å². The highest BCUT2D eigenvalue weighted by Crippen LogP contribution is 2.15. The Morgan fingerprint density at radius 1 is 1.32 bits per heavy atom. The molecule has 3 rings (SSSR count). The van der Waals surface area contributed by atoms with Crippen LogP contribution in [-0.4, -0.2) is 77.5 Å². The monoisotopic (exact) mass is 349 g/mol. The summed E-state index contributed by atoms with van der Waals surface area (Å²) in [6.07, 6.45) is 1.29. The van der Waals surface area contributed by atoms with Gasteiger partial charge in [-0.1, -0.05) is 5.16 Å². The predicted octanol–water partition coefficient (Wildman–Crippen LogP) is 0.188. The molecule has 2 aromatic rings. The van der Waals surface area contributed by atoms with Crippen molar-refractivity contribution >= 4 is 6.09 Å². The molecule has 1 amide bonds. The summed E-state index contributed by atoms with van der Waals surface area (Å²) in [5.74, 6) is 0.284. The molecule has 25 heavy (non-hydrogen) atoms. The quantitative estimate of drug-likeness (QED) is 0.813. The summed E-state index contributed by atoms with van der Waals surface area (Å²) in [7, 11) is 1.39. The average molecular weight is 349 g/mol. The lowest BCUT2D eigenvalue weighted by Gasteiger charge is -2.33. The van der Waals surface area contributed by atoms with Crippen LogP contribution in [0.1, 0.15) is 0 Å². The van der Waals surface area contributed by atoms with E-state index in [2.05, 4.69) is 24.5 Å². The first kappa shape index (κ1) is 17.0. The summed E-state index contributed by atoms with van der Waals surface area (Å²) in [6.45, 7) is 4.15. The third kappa shape index (κ3) is 4.35. The van der Waals surface area contributed by atoms with Gasteiger partial charge < -0.3 is 14.4 Å². The molecule has 0 atom stereocenters. The first-order valence-electron chi connectivity index (χ1n) is 7.86. The molecule has 1 aliphatic rings. The molecule has 1 N–H and O–H groups in total. The molecule has 0 unspecified atom stereocenters. The number of aromatic nitrogens is 3. The standard InChI is InChI=1S/C15H19N5O5/c1-23-15(22)20-6-4-19(5-7-20)8-9-24-11-2-3-12(16-10-11)13-17-14(21)25-18-13/h2-3,10H,4-9H2,1H3,(H,17,18,21). The van der Waals surface area contributed by atoms with E-state index in [4.69, 9.17) is 9.47 Å². The normalized spacial score (nSPS) is 15.2. The first-order valence-corrected chi connectivity index (χ1v) is 7.86. The number of amides is 1. The summed E-state index contributed by atoms with van der Waals surface area (Å²) in [5, 5.41) is 3.57. The van der Waals surface area contributed by atoms with Crippen LogP contribution in [-0.2, 0) is 4.74 Å². The van der Waals surface area contributed by atoms with Crippen molar-refractivity contribution in [3.05, 3.63) is 28.9 Å². The van der Waals surface area contributed by atoms with Gasteiger partial charge in [-0.25, -0.2) is 14.6 Å². The summed E-state index contributed by atoms with van der Waals surface area (Å²) in [6, 6.07) is 3.45. The van der Waals surface area contributed by atoms with Crippen molar-refractivity contribution in [1.82, 2.24) is 24.9 Å². The maximum atomic E-state index is 11.4. The molecule has 0 aliphatic carbocycles. The number of carbonyl (C=O) groups is 1. The number of ether oxygens (including phenoxy) is 2. The molecule has 1 saturated heterocycles. The molecule has 0 spiro atoms. The Labute approximate surface area is 143 Å². The maximum absolute atomic E-state index is 11.4. The topological polar surface area (TPSA) is 114 Å². The van der Waals surface area contributed by atoms with Crippen LogP contribution in [0.25, 0.3) is 11.5 Å². The number of nitrogens with zero attached hydrogens (tertiary/aromatic N) is 4. The van der Waals surface area contributed by atoms with Crippen LogP contribution in [0.2, 0.25) is 0 Å².